The molecule has 0 radical (unpaired) electrons. The minimum Gasteiger partial charge on any atom is -0.159 e. The average molecular weight is 160 g/mol. The van der Waals surface area contributed by atoms with E-state index in [1.807, 2.05) is 12.4 Å². The van der Waals surface area contributed by atoms with E-state index in [1.54, 1.807) is 0 Å². The van der Waals surface area contributed by atoms with E-state index in [0.717, 1.165) is 11.8 Å². The van der Waals surface area contributed by atoms with E-state index in [-0.39, 0.29) is 0 Å². The minimum absolute atomic E-state index is 0.806. The van der Waals surface area contributed by atoms with Gasteiger partial charge in [-0.3, -0.25) is 0 Å². The SMILES string of the molecule is c1nncc2c1C1CCC2CC1. The number of rotatable bonds is 0. The third-order valence-electron chi connectivity index (χ3n) is 3.40. The van der Waals surface area contributed by atoms with Crippen molar-refractivity contribution < 1.29 is 0 Å². The first-order valence-electron chi connectivity index (χ1n) is 4.75. The Morgan fingerprint density at radius 2 is 1.25 bits per heavy atom. The molecular formula is C10H12N2. The molecule has 4 rings (SSSR count). The predicted octanol–water partition coefficient (Wildman–Crippen LogP) is 2.23. The van der Waals surface area contributed by atoms with E-state index in [0.29, 0.717) is 0 Å². The lowest BCUT2D eigenvalue weighted by Crippen LogP contribution is -2.21. The Labute approximate surface area is 72.0 Å². The summed E-state index contributed by atoms with van der Waals surface area (Å²) in [5.74, 6) is 1.61. The van der Waals surface area contributed by atoms with Crippen molar-refractivity contribution in [2.45, 2.75) is 37.5 Å². The van der Waals surface area contributed by atoms with Gasteiger partial charge in [-0.25, -0.2) is 0 Å². The second-order valence-electron chi connectivity index (χ2n) is 3.95. The lowest BCUT2D eigenvalue weighted by atomic mass is 9.68. The van der Waals surface area contributed by atoms with Gasteiger partial charge in [-0.1, -0.05) is 0 Å². The maximum absolute atomic E-state index is 3.97. The summed E-state index contributed by atoms with van der Waals surface area (Å²) in [5, 5.41) is 7.93. The third-order valence-corrected chi connectivity index (χ3v) is 3.40. The van der Waals surface area contributed by atoms with Crippen molar-refractivity contribution in [3.8, 4) is 0 Å². The number of aromatic nitrogens is 2. The van der Waals surface area contributed by atoms with Gasteiger partial charge < -0.3 is 0 Å². The molecule has 2 nitrogen and oxygen atoms in total. The molecule has 1 saturated carbocycles. The zero-order chi connectivity index (χ0) is 7.97. The van der Waals surface area contributed by atoms with Crippen molar-refractivity contribution in [2.24, 2.45) is 0 Å². The number of fused-ring (bicyclic) bond motifs is 2. The highest BCUT2D eigenvalue weighted by molar-refractivity contribution is 5.33. The van der Waals surface area contributed by atoms with E-state index < -0.39 is 0 Å². The third kappa shape index (κ3) is 0.752. The van der Waals surface area contributed by atoms with E-state index in [2.05, 4.69) is 10.2 Å². The Morgan fingerprint density at radius 3 is 1.67 bits per heavy atom. The van der Waals surface area contributed by atoms with E-state index >= 15 is 0 Å². The maximum Gasteiger partial charge on any atom is 0.0533 e. The standard InChI is InChI=1S/C10H12N2/c1-2-8-4-3-7(1)9-5-11-12-6-10(8)9/h5-8H,1-4H2. The highest BCUT2D eigenvalue weighted by Gasteiger charge is 2.32. The van der Waals surface area contributed by atoms with E-state index in [1.165, 1.54) is 36.8 Å². The van der Waals surface area contributed by atoms with Gasteiger partial charge in [-0.05, 0) is 48.6 Å². The Balaban J connectivity index is 2.19. The van der Waals surface area contributed by atoms with Crippen LogP contribution in [0.1, 0.15) is 48.6 Å². The molecular weight excluding hydrogens is 148 g/mol. The lowest BCUT2D eigenvalue weighted by Gasteiger charge is -2.37. The molecule has 3 aliphatic carbocycles. The molecule has 62 valence electrons. The molecule has 1 aromatic heterocycles. The monoisotopic (exact) mass is 160 g/mol. The number of nitrogens with zero attached hydrogens (tertiary/aromatic N) is 2. The van der Waals surface area contributed by atoms with Crippen molar-refractivity contribution in [2.75, 3.05) is 0 Å². The summed E-state index contributed by atoms with van der Waals surface area (Å²) in [6, 6.07) is 0. The normalized spacial score (nSPS) is 31.7. The smallest absolute Gasteiger partial charge is 0.0533 e. The van der Waals surface area contributed by atoms with Crippen LogP contribution in [0.2, 0.25) is 0 Å². The highest BCUT2D eigenvalue weighted by atomic mass is 15.1. The Bertz CT molecular complexity index is 269. The molecule has 0 saturated heterocycles. The molecule has 0 aromatic carbocycles. The van der Waals surface area contributed by atoms with Gasteiger partial charge in [0.2, 0.25) is 0 Å². The largest absolute Gasteiger partial charge is 0.159 e. The quantitative estimate of drug-likeness (QED) is 0.581. The molecule has 1 heterocycles. The summed E-state index contributed by atoms with van der Waals surface area (Å²) >= 11 is 0. The Hall–Kier alpha value is -0.920. The van der Waals surface area contributed by atoms with Crippen LogP contribution in [-0.2, 0) is 0 Å². The summed E-state index contributed by atoms with van der Waals surface area (Å²) in [4.78, 5) is 0. The summed E-state index contributed by atoms with van der Waals surface area (Å²) in [6.45, 7) is 0. The van der Waals surface area contributed by atoms with E-state index in [4.69, 9.17) is 0 Å². The molecule has 2 heteroatoms. The molecule has 3 aliphatic rings. The molecule has 0 unspecified atom stereocenters. The van der Waals surface area contributed by atoms with Gasteiger partial charge in [0.25, 0.3) is 0 Å². The van der Waals surface area contributed by atoms with Gasteiger partial charge in [0.05, 0.1) is 12.4 Å². The second kappa shape index (κ2) is 2.28. The second-order valence-corrected chi connectivity index (χ2v) is 3.95. The van der Waals surface area contributed by atoms with Gasteiger partial charge in [-0.2, -0.15) is 10.2 Å². The molecule has 2 bridgehead atoms. The van der Waals surface area contributed by atoms with E-state index in [9.17, 15) is 0 Å². The van der Waals surface area contributed by atoms with Crippen LogP contribution in [0.25, 0.3) is 0 Å². The van der Waals surface area contributed by atoms with Gasteiger partial charge in [0, 0.05) is 0 Å². The van der Waals surface area contributed by atoms with Crippen LogP contribution in [0.15, 0.2) is 12.4 Å². The van der Waals surface area contributed by atoms with Crippen LogP contribution >= 0.6 is 0 Å². The minimum atomic E-state index is 0.806. The molecule has 1 fully saturated rings. The summed E-state index contributed by atoms with van der Waals surface area (Å²) in [7, 11) is 0. The van der Waals surface area contributed by atoms with Crippen molar-refractivity contribution >= 4 is 0 Å². The zero-order valence-electron chi connectivity index (χ0n) is 7.03. The molecule has 0 aliphatic heterocycles. The maximum atomic E-state index is 3.97. The molecule has 0 N–H and O–H groups in total. The first-order valence-corrected chi connectivity index (χ1v) is 4.75. The van der Waals surface area contributed by atoms with Gasteiger partial charge in [0.1, 0.15) is 0 Å². The van der Waals surface area contributed by atoms with Crippen LogP contribution in [0.5, 0.6) is 0 Å². The molecule has 12 heavy (non-hydrogen) atoms. The van der Waals surface area contributed by atoms with Crippen molar-refractivity contribution in [3.05, 3.63) is 23.5 Å². The van der Waals surface area contributed by atoms with Crippen LogP contribution in [-0.4, -0.2) is 10.2 Å². The Morgan fingerprint density at radius 1 is 0.833 bits per heavy atom. The zero-order valence-corrected chi connectivity index (χ0v) is 7.03. The summed E-state index contributed by atoms with van der Waals surface area (Å²) in [6.07, 6.45) is 9.47. The molecule has 0 atom stereocenters. The number of hydrogen-bond donors (Lipinski definition) is 0. The highest BCUT2D eigenvalue weighted by Crippen LogP contribution is 2.48. The predicted molar refractivity (Wildman–Crippen MR) is 46.0 cm³/mol. The van der Waals surface area contributed by atoms with Crippen LogP contribution in [0.4, 0.5) is 0 Å². The van der Waals surface area contributed by atoms with Crippen molar-refractivity contribution in [1.82, 2.24) is 10.2 Å². The van der Waals surface area contributed by atoms with Crippen LogP contribution in [0, 0.1) is 0 Å². The fraction of sp³-hybridized carbons (Fsp3) is 0.600. The topological polar surface area (TPSA) is 25.8 Å². The van der Waals surface area contributed by atoms with Crippen LogP contribution < -0.4 is 0 Å². The molecule has 0 amide bonds. The number of hydrogen-bond acceptors (Lipinski definition) is 2. The van der Waals surface area contributed by atoms with Gasteiger partial charge in [-0.15, -0.1) is 0 Å². The molecule has 1 aromatic rings. The van der Waals surface area contributed by atoms with Crippen molar-refractivity contribution in [3.63, 3.8) is 0 Å². The average Bonchev–Trinajstić information content (AvgIpc) is 2.20. The summed E-state index contributed by atoms with van der Waals surface area (Å²) < 4.78 is 0. The molecule has 0 spiro atoms. The Kier molecular flexibility index (Phi) is 1.25. The summed E-state index contributed by atoms with van der Waals surface area (Å²) in [5.41, 5.74) is 2.99. The first kappa shape index (κ1) is 6.58. The fourth-order valence-electron chi connectivity index (χ4n) is 2.74. The fourth-order valence-corrected chi connectivity index (χ4v) is 2.74. The van der Waals surface area contributed by atoms with Gasteiger partial charge >= 0.3 is 0 Å². The van der Waals surface area contributed by atoms with Crippen LogP contribution in [0.3, 0.4) is 0 Å². The lowest BCUT2D eigenvalue weighted by molar-refractivity contribution is 0.356. The van der Waals surface area contributed by atoms with Gasteiger partial charge in [0.15, 0.2) is 0 Å². The van der Waals surface area contributed by atoms with Crippen molar-refractivity contribution in [1.29, 1.82) is 0 Å². The first-order chi connectivity index (χ1) is 5.95.